The summed E-state index contributed by atoms with van der Waals surface area (Å²) in [5, 5.41) is 0. The molecule has 0 saturated heterocycles. The van der Waals surface area contributed by atoms with Gasteiger partial charge >= 0.3 is 0 Å². The van der Waals surface area contributed by atoms with Gasteiger partial charge < -0.3 is 10.5 Å². The van der Waals surface area contributed by atoms with Crippen molar-refractivity contribution in [3.8, 4) is 5.88 Å². The number of hydrogen-bond acceptors (Lipinski definition) is 3. The summed E-state index contributed by atoms with van der Waals surface area (Å²) in [5.74, 6) is 0.677. The van der Waals surface area contributed by atoms with Gasteiger partial charge in [0.25, 0.3) is 0 Å². The Hall–Kier alpha value is -1.87. The first-order valence-corrected chi connectivity index (χ1v) is 7.20. The molecule has 1 aromatic heterocycles. The first kappa shape index (κ1) is 13.1. The van der Waals surface area contributed by atoms with E-state index in [1.807, 2.05) is 19.1 Å². The van der Waals surface area contributed by atoms with Crippen LogP contribution >= 0.6 is 0 Å². The average Bonchev–Trinajstić information content (AvgIpc) is 2.48. The number of rotatable bonds is 3. The zero-order valence-electron chi connectivity index (χ0n) is 11.8. The van der Waals surface area contributed by atoms with Crippen LogP contribution in [0.1, 0.15) is 48.6 Å². The fourth-order valence-corrected chi connectivity index (χ4v) is 2.71. The monoisotopic (exact) mass is 268 g/mol. The second kappa shape index (κ2) is 5.63. The number of ether oxygens (including phenoxy) is 1. The Bertz CT molecular complexity index is 578. The van der Waals surface area contributed by atoms with Crippen molar-refractivity contribution in [3.63, 3.8) is 0 Å². The molecule has 3 rings (SSSR count). The summed E-state index contributed by atoms with van der Waals surface area (Å²) in [4.78, 5) is 4.36. The highest BCUT2D eigenvalue weighted by Crippen LogP contribution is 2.32. The zero-order chi connectivity index (χ0) is 13.9. The van der Waals surface area contributed by atoms with Crippen LogP contribution in [0.4, 0.5) is 0 Å². The van der Waals surface area contributed by atoms with E-state index in [-0.39, 0.29) is 12.1 Å². The third-order valence-electron chi connectivity index (χ3n) is 3.86. The van der Waals surface area contributed by atoms with Crippen LogP contribution in [0.3, 0.4) is 0 Å². The van der Waals surface area contributed by atoms with Gasteiger partial charge in [0.15, 0.2) is 0 Å². The smallest absolute Gasteiger partial charge is 0.213 e. The number of hydrogen-bond donors (Lipinski definition) is 1. The fraction of sp³-hybridized carbons (Fsp3) is 0.353. The molecule has 0 saturated carbocycles. The highest BCUT2D eigenvalue weighted by Gasteiger charge is 2.21. The van der Waals surface area contributed by atoms with Crippen LogP contribution in [0.15, 0.2) is 42.6 Å². The molecule has 3 nitrogen and oxygen atoms in total. The summed E-state index contributed by atoms with van der Waals surface area (Å²) in [6, 6.07) is 12.4. The van der Waals surface area contributed by atoms with Crippen molar-refractivity contribution in [1.82, 2.24) is 4.98 Å². The maximum atomic E-state index is 6.06. The minimum Gasteiger partial charge on any atom is -0.469 e. The maximum Gasteiger partial charge on any atom is 0.213 e. The Morgan fingerprint density at radius 2 is 2.10 bits per heavy atom. The lowest BCUT2D eigenvalue weighted by atomic mass is 9.89. The van der Waals surface area contributed by atoms with E-state index in [1.165, 1.54) is 17.5 Å². The lowest BCUT2D eigenvalue weighted by molar-refractivity contribution is 0.175. The molecular formula is C17H20N2O. The van der Waals surface area contributed by atoms with Crippen molar-refractivity contribution >= 4 is 0 Å². The van der Waals surface area contributed by atoms with Crippen LogP contribution in [0.2, 0.25) is 0 Å². The third kappa shape index (κ3) is 2.68. The highest BCUT2D eigenvalue weighted by molar-refractivity contribution is 5.32. The van der Waals surface area contributed by atoms with Crippen molar-refractivity contribution in [3.05, 3.63) is 59.3 Å². The molecule has 3 heteroatoms. The molecule has 1 unspecified atom stereocenters. The molecule has 1 aliphatic carbocycles. The summed E-state index contributed by atoms with van der Waals surface area (Å²) >= 11 is 0. The summed E-state index contributed by atoms with van der Waals surface area (Å²) in [7, 11) is 0. The van der Waals surface area contributed by atoms with Crippen molar-refractivity contribution in [2.75, 3.05) is 0 Å². The molecule has 2 aromatic rings. The van der Waals surface area contributed by atoms with E-state index < -0.39 is 0 Å². The minimum atomic E-state index is 0.00644. The van der Waals surface area contributed by atoms with Crippen LogP contribution in [0.25, 0.3) is 0 Å². The van der Waals surface area contributed by atoms with E-state index >= 15 is 0 Å². The van der Waals surface area contributed by atoms with Gasteiger partial charge in [0.05, 0.1) is 0 Å². The molecule has 2 N–H and O–H groups in total. The Morgan fingerprint density at radius 1 is 1.25 bits per heavy atom. The van der Waals surface area contributed by atoms with Gasteiger partial charge in [0.2, 0.25) is 5.88 Å². The van der Waals surface area contributed by atoms with E-state index in [4.69, 9.17) is 10.5 Å². The third-order valence-corrected chi connectivity index (χ3v) is 3.86. The van der Waals surface area contributed by atoms with Gasteiger partial charge in [-0.15, -0.1) is 0 Å². The van der Waals surface area contributed by atoms with Gasteiger partial charge in [0, 0.05) is 18.3 Å². The van der Waals surface area contributed by atoms with E-state index in [9.17, 15) is 0 Å². The number of fused-ring (bicyclic) bond motifs is 1. The Labute approximate surface area is 119 Å². The molecular weight excluding hydrogens is 248 g/mol. The fourth-order valence-electron chi connectivity index (χ4n) is 2.71. The molecule has 2 atom stereocenters. The van der Waals surface area contributed by atoms with Crippen LogP contribution in [-0.4, -0.2) is 4.98 Å². The molecule has 0 aliphatic heterocycles. The second-order valence-corrected chi connectivity index (χ2v) is 5.42. The standard InChI is InChI=1S/C17H20N2O/c1-12(18)14-9-10-17(19-11-14)20-16-8-4-6-13-5-2-3-7-15(13)16/h2-3,5,7,9-12,16H,4,6,8,18H2,1H3/t12-,16?/m1/s1. The Morgan fingerprint density at radius 3 is 2.85 bits per heavy atom. The average molecular weight is 268 g/mol. The van der Waals surface area contributed by atoms with Crippen LogP contribution in [-0.2, 0) is 6.42 Å². The maximum absolute atomic E-state index is 6.06. The largest absolute Gasteiger partial charge is 0.469 e. The SMILES string of the molecule is C[C@@H](N)c1ccc(OC2CCCc3ccccc32)nc1. The molecule has 104 valence electrons. The molecule has 1 aromatic carbocycles. The molecule has 0 amide bonds. The second-order valence-electron chi connectivity index (χ2n) is 5.42. The Kier molecular flexibility index (Phi) is 3.70. The quantitative estimate of drug-likeness (QED) is 0.926. The van der Waals surface area contributed by atoms with E-state index in [0.717, 1.165) is 18.4 Å². The molecule has 0 fully saturated rings. The summed E-state index contributed by atoms with van der Waals surface area (Å²) < 4.78 is 6.06. The van der Waals surface area contributed by atoms with Crippen molar-refractivity contribution < 1.29 is 4.74 Å². The number of nitrogens with two attached hydrogens (primary N) is 1. The number of aromatic nitrogens is 1. The van der Waals surface area contributed by atoms with Gasteiger partial charge in [-0.25, -0.2) is 4.98 Å². The van der Waals surface area contributed by atoms with Gasteiger partial charge in [0.1, 0.15) is 6.10 Å². The molecule has 0 radical (unpaired) electrons. The minimum absolute atomic E-state index is 0.00644. The van der Waals surface area contributed by atoms with Crippen molar-refractivity contribution in [2.24, 2.45) is 5.73 Å². The number of benzene rings is 1. The molecule has 1 aliphatic rings. The Balaban J connectivity index is 1.78. The number of nitrogens with zero attached hydrogens (tertiary/aromatic N) is 1. The van der Waals surface area contributed by atoms with Crippen molar-refractivity contribution in [2.45, 2.75) is 38.3 Å². The zero-order valence-corrected chi connectivity index (χ0v) is 11.8. The van der Waals surface area contributed by atoms with Gasteiger partial charge in [-0.05, 0) is 42.9 Å². The van der Waals surface area contributed by atoms with Crippen LogP contribution in [0.5, 0.6) is 5.88 Å². The predicted molar refractivity (Wildman–Crippen MR) is 79.6 cm³/mol. The predicted octanol–water partition coefficient (Wildman–Crippen LogP) is 3.56. The van der Waals surface area contributed by atoms with Gasteiger partial charge in [-0.2, -0.15) is 0 Å². The number of aryl methyl sites for hydroxylation is 1. The van der Waals surface area contributed by atoms with Crippen LogP contribution < -0.4 is 10.5 Å². The molecule has 0 bridgehead atoms. The first-order valence-electron chi connectivity index (χ1n) is 7.20. The van der Waals surface area contributed by atoms with Gasteiger partial charge in [-0.3, -0.25) is 0 Å². The summed E-state index contributed by atoms with van der Waals surface area (Å²) in [5.41, 5.74) is 9.56. The lowest BCUT2D eigenvalue weighted by Crippen LogP contribution is -2.15. The van der Waals surface area contributed by atoms with Crippen LogP contribution in [0, 0.1) is 0 Å². The van der Waals surface area contributed by atoms with E-state index in [1.54, 1.807) is 6.20 Å². The molecule has 0 spiro atoms. The number of pyridine rings is 1. The topological polar surface area (TPSA) is 48.1 Å². The lowest BCUT2D eigenvalue weighted by Gasteiger charge is -2.25. The summed E-state index contributed by atoms with van der Waals surface area (Å²) in [6.45, 7) is 1.95. The molecule has 1 heterocycles. The molecule has 20 heavy (non-hydrogen) atoms. The first-order chi connectivity index (χ1) is 9.74. The highest BCUT2D eigenvalue weighted by atomic mass is 16.5. The van der Waals surface area contributed by atoms with E-state index in [2.05, 4.69) is 29.2 Å². The normalized spacial score (nSPS) is 19.2. The van der Waals surface area contributed by atoms with E-state index in [0.29, 0.717) is 5.88 Å². The van der Waals surface area contributed by atoms with Crippen molar-refractivity contribution in [1.29, 1.82) is 0 Å². The summed E-state index contributed by atoms with van der Waals surface area (Å²) in [6.07, 6.45) is 5.28. The van der Waals surface area contributed by atoms with Gasteiger partial charge in [-0.1, -0.05) is 30.3 Å².